The molecule has 2 aromatic rings. The van der Waals surface area contributed by atoms with Crippen LogP contribution >= 0.6 is 15.9 Å². The normalized spacial score (nSPS) is 16.9. The number of nitriles is 1. The lowest BCUT2D eigenvalue weighted by atomic mass is 10.2. The van der Waals surface area contributed by atoms with E-state index in [1.807, 2.05) is 18.2 Å². The number of hydrogen-bond donors (Lipinski definition) is 0. The van der Waals surface area contributed by atoms with E-state index in [2.05, 4.69) is 27.0 Å². The molecule has 0 bridgehead atoms. The fourth-order valence-corrected chi connectivity index (χ4v) is 2.98. The van der Waals surface area contributed by atoms with Gasteiger partial charge in [-0.05, 0) is 34.1 Å². The predicted molar refractivity (Wildman–Crippen MR) is 88.0 cm³/mol. The Morgan fingerprint density at radius 2 is 2.22 bits per heavy atom. The van der Waals surface area contributed by atoms with Crippen molar-refractivity contribution in [3.05, 3.63) is 58.2 Å². The molecule has 0 saturated carbocycles. The lowest BCUT2D eigenvalue weighted by molar-refractivity contribution is 0.0770. The van der Waals surface area contributed by atoms with Crippen molar-refractivity contribution in [3.8, 4) is 11.9 Å². The number of halogens is 1. The molecule has 1 aliphatic rings. The average Bonchev–Trinajstić information content (AvgIpc) is 3.03. The molecule has 23 heavy (non-hydrogen) atoms. The highest BCUT2D eigenvalue weighted by Gasteiger charge is 2.29. The molecule has 1 aromatic carbocycles. The highest BCUT2D eigenvalue weighted by molar-refractivity contribution is 9.10. The maximum atomic E-state index is 12.5. The molecule has 1 saturated heterocycles. The van der Waals surface area contributed by atoms with Crippen molar-refractivity contribution in [1.82, 2.24) is 9.88 Å². The zero-order chi connectivity index (χ0) is 16.2. The molecule has 116 valence electrons. The summed E-state index contributed by atoms with van der Waals surface area (Å²) in [5.74, 6) is 0.409. The van der Waals surface area contributed by atoms with E-state index < -0.39 is 0 Å². The van der Waals surface area contributed by atoms with Crippen molar-refractivity contribution in [2.45, 2.75) is 12.5 Å². The van der Waals surface area contributed by atoms with Crippen LogP contribution in [0.3, 0.4) is 0 Å². The summed E-state index contributed by atoms with van der Waals surface area (Å²) in [6.45, 7) is 1.15. The Kier molecular flexibility index (Phi) is 4.58. The van der Waals surface area contributed by atoms with E-state index in [0.717, 1.165) is 10.9 Å². The van der Waals surface area contributed by atoms with Crippen LogP contribution in [0.2, 0.25) is 0 Å². The van der Waals surface area contributed by atoms with Crippen molar-refractivity contribution in [2.75, 3.05) is 13.1 Å². The lowest BCUT2D eigenvalue weighted by Gasteiger charge is -2.17. The first-order chi connectivity index (χ1) is 11.2. The number of pyridine rings is 1. The Labute approximate surface area is 142 Å². The van der Waals surface area contributed by atoms with Gasteiger partial charge in [-0.1, -0.05) is 12.1 Å². The topological polar surface area (TPSA) is 66.2 Å². The maximum Gasteiger partial charge on any atom is 0.255 e. The van der Waals surface area contributed by atoms with Gasteiger partial charge in [-0.25, -0.2) is 4.98 Å². The summed E-state index contributed by atoms with van der Waals surface area (Å²) in [4.78, 5) is 18.4. The fourth-order valence-electron chi connectivity index (χ4n) is 2.53. The Balaban J connectivity index is 1.65. The molecule has 0 spiro atoms. The summed E-state index contributed by atoms with van der Waals surface area (Å²) in [6.07, 6.45) is 2.18. The Bertz CT molecular complexity index is 772. The third-order valence-electron chi connectivity index (χ3n) is 3.69. The van der Waals surface area contributed by atoms with Gasteiger partial charge in [0, 0.05) is 29.7 Å². The first kappa shape index (κ1) is 15.5. The molecule has 0 radical (unpaired) electrons. The largest absolute Gasteiger partial charge is 0.472 e. The summed E-state index contributed by atoms with van der Waals surface area (Å²) in [6, 6.07) is 12.7. The highest BCUT2D eigenvalue weighted by Crippen LogP contribution is 2.22. The molecule has 5 nitrogen and oxygen atoms in total. The third kappa shape index (κ3) is 3.51. The minimum Gasteiger partial charge on any atom is -0.472 e. The van der Waals surface area contributed by atoms with Crippen LogP contribution in [-0.4, -0.2) is 35.0 Å². The molecular weight excluding hydrogens is 358 g/mol. The van der Waals surface area contributed by atoms with Gasteiger partial charge >= 0.3 is 0 Å². The second-order valence-corrected chi connectivity index (χ2v) is 6.11. The standard InChI is InChI=1S/C17H14BrN3O2/c18-15-4-2-1-3-14(15)17(22)21-8-6-13(11-21)23-16-9-12(10-19)5-7-20-16/h1-5,7,9,13H,6,8,11H2. The lowest BCUT2D eigenvalue weighted by Crippen LogP contribution is -2.31. The van der Waals surface area contributed by atoms with Crippen molar-refractivity contribution < 1.29 is 9.53 Å². The SMILES string of the molecule is N#Cc1ccnc(OC2CCN(C(=O)c3ccccc3Br)C2)c1. The van der Waals surface area contributed by atoms with Gasteiger partial charge in [-0.3, -0.25) is 4.79 Å². The van der Waals surface area contributed by atoms with Gasteiger partial charge in [0.2, 0.25) is 5.88 Å². The van der Waals surface area contributed by atoms with Crippen molar-refractivity contribution in [1.29, 1.82) is 5.26 Å². The van der Waals surface area contributed by atoms with Gasteiger partial charge in [0.1, 0.15) is 6.10 Å². The summed E-state index contributed by atoms with van der Waals surface area (Å²) in [5, 5.41) is 8.90. The Hall–Kier alpha value is -2.39. The summed E-state index contributed by atoms with van der Waals surface area (Å²) in [7, 11) is 0. The first-order valence-electron chi connectivity index (χ1n) is 7.24. The number of ether oxygens (including phenoxy) is 1. The summed E-state index contributed by atoms with van der Waals surface area (Å²) in [5.41, 5.74) is 1.16. The van der Waals surface area contributed by atoms with Gasteiger partial charge in [0.15, 0.2) is 0 Å². The second-order valence-electron chi connectivity index (χ2n) is 5.25. The minimum atomic E-state index is -0.108. The van der Waals surface area contributed by atoms with Crippen LogP contribution in [0.25, 0.3) is 0 Å². The molecule has 1 aliphatic heterocycles. The molecule has 1 fully saturated rings. The van der Waals surface area contributed by atoms with Crippen molar-refractivity contribution in [2.24, 2.45) is 0 Å². The Morgan fingerprint density at radius 1 is 1.39 bits per heavy atom. The molecule has 0 aliphatic carbocycles. The molecule has 1 aromatic heterocycles. The second kappa shape index (κ2) is 6.80. The average molecular weight is 372 g/mol. The van der Waals surface area contributed by atoms with Gasteiger partial charge < -0.3 is 9.64 Å². The van der Waals surface area contributed by atoms with E-state index in [1.54, 1.807) is 29.3 Å². The predicted octanol–water partition coefficient (Wildman–Crippen LogP) is 3.01. The quantitative estimate of drug-likeness (QED) is 0.831. The number of nitrogens with zero attached hydrogens (tertiary/aromatic N) is 3. The molecular formula is C17H14BrN3O2. The number of benzene rings is 1. The monoisotopic (exact) mass is 371 g/mol. The van der Waals surface area contributed by atoms with E-state index in [-0.39, 0.29) is 12.0 Å². The zero-order valence-corrected chi connectivity index (χ0v) is 13.9. The molecule has 1 atom stereocenters. The van der Waals surface area contributed by atoms with Gasteiger partial charge in [0.05, 0.1) is 23.7 Å². The number of carbonyl (C=O) groups excluding carboxylic acids is 1. The number of hydrogen-bond acceptors (Lipinski definition) is 4. The van der Waals surface area contributed by atoms with Crippen LogP contribution in [0.15, 0.2) is 47.1 Å². The molecule has 1 unspecified atom stereocenters. The number of carbonyl (C=O) groups is 1. The maximum absolute atomic E-state index is 12.5. The van der Waals surface area contributed by atoms with Gasteiger partial charge in [-0.2, -0.15) is 5.26 Å². The fraction of sp³-hybridized carbons (Fsp3) is 0.235. The highest BCUT2D eigenvalue weighted by atomic mass is 79.9. The molecule has 6 heteroatoms. The molecule has 3 rings (SSSR count). The molecule has 2 heterocycles. The molecule has 0 N–H and O–H groups in total. The summed E-state index contributed by atoms with van der Waals surface area (Å²) >= 11 is 3.41. The van der Waals surface area contributed by atoms with E-state index >= 15 is 0 Å². The van der Waals surface area contributed by atoms with Crippen LogP contribution in [0.1, 0.15) is 22.3 Å². The van der Waals surface area contributed by atoms with E-state index in [0.29, 0.717) is 30.1 Å². The van der Waals surface area contributed by atoms with Crippen LogP contribution < -0.4 is 4.74 Å². The van der Waals surface area contributed by atoms with E-state index in [1.165, 1.54) is 0 Å². The van der Waals surface area contributed by atoms with Crippen LogP contribution in [-0.2, 0) is 0 Å². The third-order valence-corrected chi connectivity index (χ3v) is 4.38. The zero-order valence-electron chi connectivity index (χ0n) is 12.3. The van der Waals surface area contributed by atoms with E-state index in [9.17, 15) is 4.79 Å². The van der Waals surface area contributed by atoms with Crippen LogP contribution in [0.5, 0.6) is 5.88 Å². The number of rotatable bonds is 3. The van der Waals surface area contributed by atoms with Crippen LogP contribution in [0.4, 0.5) is 0 Å². The van der Waals surface area contributed by atoms with Crippen molar-refractivity contribution >= 4 is 21.8 Å². The van der Waals surface area contributed by atoms with Gasteiger partial charge in [-0.15, -0.1) is 0 Å². The number of likely N-dealkylation sites (tertiary alicyclic amines) is 1. The minimum absolute atomic E-state index is 0.0118. The molecule has 1 amide bonds. The number of aromatic nitrogens is 1. The first-order valence-corrected chi connectivity index (χ1v) is 8.03. The number of amides is 1. The van der Waals surface area contributed by atoms with Crippen molar-refractivity contribution in [3.63, 3.8) is 0 Å². The van der Waals surface area contributed by atoms with Crippen LogP contribution in [0, 0.1) is 11.3 Å². The van der Waals surface area contributed by atoms with E-state index in [4.69, 9.17) is 10.00 Å². The Morgan fingerprint density at radius 3 is 3.00 bits per heavy atom. The smallest absolute Gasteiger partial charge is 0.255 e. The van der Waals surface area contributed by atoms with Gasteiger partial charge in [0.25, 0.3) is 5.91 Å². The summed E-state index contributed by atoms with van der Waals surface area (Å²) < 4.78 is 6.59.